The molecule has 0 aromatic heterocycles. The summed E-state index contributed by atoms with van der Waals surface area (Å²) in [5.74, 6) is 0.553. The number of nitrogens with two attached hydrogens (primary N) is 1. The summed E-state index contributed by atoms with van der Waals surface area (Å²) in [5, 5.41) is 0. The number of hydrogen-bond donors (Lipinski definition) is 1. The van der Waals surface area contributed by atoms with Gasteiger partial charge in [-0.05, 0) is 24.1 Å². The summed E-state index contributed by atoms with van der Waals surface area (Å²) in [4.78, 5) is 11.5. The Morgan fingerprint density at radius 3 is 2.28 bits per heavy atom. The maximum Gasteiger partial charge on any atom is 0.306 e. The van der Waals surface area contributed by atoms with Gasteiger partial charge in [0.25, 0.3) is 0 Å². The number of ether oxygens (including phenoxy) is 2. The molecule has 1 aromatic rings. The Bertz CT molecular complexity index is 383. The highest BCUT2D eigenvalue weighted by Gasteiger charge is 2.32. The zero-order valence-electron chi connectivity index (χ0n) is 11.2. The second-order valence-electron chi connectivity index (χ2n) is 4.32. The Morgan fingerprint density at radius 2 is 1.89 bits per heavy atom. The second-order valence-corrected chi connectivity index (χ2v) is 4.32. The van der Waals surface area contributed by atoms with Crippen molar-refractivity contribution in [3.8, 4) is 5.75 Å². The van der Waals surface area contributed by atoms with Crippen LogP contribution in [0, 0.1) is 0 Å². The van der Waals surface area contributed by atoms with E-state index < -0.39 is 0 Å². The summed E-state index contributed by atoms with van der Waals surface area (Å²) in [5.41, 5.74) is 6.56. The summed E-state index contributed by atoms with van der Waals surface area (Å²) >= 11 is 0. The molecule has 0 spiro atoms. The molecule has 0 aliphatic heterocycles. The number of methoxy groups -OCH3 is 2. The predicted octanol–water partition coefficient (Wildman–Crippen LogP) is 1.86. The fraction of sp³-hybridized carbons (Fsp3) is 0.500. The van der Waals surface area contributed by atoms with E-state index in [2.05, 4.69) is 0 Å². The van der Waals surface area contributed by atoms with E-state index in [1.54, 1.807) is 7.11 Å². The first-order chi connectivity index (χ1) is 8.61. The van der Waals surface area contributed by atoms with E-state index in [1.807, 2.05) is 31.2 Å². The zero-order chi connectivity index (χ0) is 13.6. The van der Waals surface area contributed by atoms with Crippen molar-refractivity contribution in [2.45, 2.75) is 25.2 Å². The van der Waals surface area contributed by atoms with Crippen LogP contribution in [-0.2, 0) is 14.9 Å². The van der Waals surface area contributed by atoms with Gasteiger partial charge in [-0.25, -0.2) is 0 Å². The average Bonchev–Trinajstić information content (AvgIpc) is 2.44. The van der Waals surface area contributed by atoms with E-state index in [0.717, 1.165) is 17.7 Å². The Labute approximate surface area is 108 Å². The van der Waals surface area contributed by atoms with Crippen LogP contribution >= 0.6 is 0 Å². The maximum atomic E-state index is 11.5. The van der Waals surface area contributed by atoms with Crippen LogP contribution in [0.2, 0.25) is 0 Å². The molecular weight excluding hydrogens is 230 g/mol. The molecule has 0 radical (unpaired) electrons. The molecule has 1 unspecified atom stereocenters. The Kier molecular flexibility index (Phi) is 5.16. The van der Waals surface area contributed by atoms with Crippen LogP contribution in [0.3, 0.4) is 0 Å². The second kappa shape index (κ2) is 6.40. The first-order valence-electron chi connectivity index (χ1n) is 6.03. The highest BCUT2D eigenvalue weighted by molar-refractivity contribution is 5.71. The minimum absolute atomic E-state index is 0.238. The highest BCUT2D eigenvalue weighted by atomic mass is 16.5. The van der Waals surface area contributed by atoms with Gasteiger partial charge in [-0.1, -0.05) is 19.1 Å². The van der Waals surface area contributed by atoms with Crippen LogP contribution in [0.15, 0.2) is 24.3 Å². The summed E-state index contributed by atoms with van der Waals surface area (Å²) in [6.07, 6.45) is 1.08. The molecule has 1 aromatic carbocycles. The predicted molar refractivity (Wildman–Crippen MR) is 70.7 cm³/mol. The van der Waals surface area contributed by atoms with Crippen LogP contribution in [0.25, 0.3) is 0 Å². The molecule has 0 fully saturated rings. The van der Waals surface area contributed by atoms with Crippen LogP contribution in [-0.4, -0.2) is 26.7 Å². The highest BCUT2D eigenvalue weighted by Crippen LogP contribution is 2.32. The molecule has 4 heteroatoms. The van der Waals surface area contributed by atoms with E-state index in [-0.39, 0.29) is 11.4 Å². The van der Waals surface area contributed by atoms with Crippen molar-refractivity contribution < 1.29 is 14.3 Å². The SMILES string of the molecule is CCC(CN)(CC(=O)OC)c1ccc(OC)cc1. The van der Waals surface area contributed by atoms with Gasteiger partial charge in [0, 0.05) is 12.0 Å². The fourth-order valence-electron chi connectivity index (χ4n) is 2.06. The summed E-state index contributed by atoms with van der Waals surface area (Å²) in [7, 11) is 3.02. The fourth-order valence-corrected chi connectivity index (χ4v) is 2.06. The molecule has 0 heterocycles. The summed E-state index contributed by atoms with van der Waals surface area (Å²) in [6.45, 7) is 2.44. The van der Waals surface area contributed by atoms with Gasteiger partial charge in [-0.3, -0.25) is 4.79 Å². The van der Waals surface area contributed by atoms with Gasteiger partial charge in [-0.2, -0.15) is 0 Å². The Balaban J connectivity index is 3.05. The van der Waals surface area contributed by atoms with Gasteiger partial charge in [0.2, 0.25) is 0 Å². The van der Waals surface area contributed by atoms with Crippen LogP contribution in [0.1, 0.15) is 25.3 Å². The largest absolute Gasteiger partial charge is 0.497 e. The van der Waals surface area contributed by atoms with Gasteiger partial charge >= 0.3 is 5.97 Å². The van der Waals surface area contributed by atoms with Gasteiger partial charge in [-0.15, -0.1) is 0 Å². The monoisotopic (exact) mass is 251 g/mol. The van der Waals surface area contributed by atoms with Crippen molar-refractivity contribution in [1.29, 1.82) is 0 Å². The molecule has 100 valence electrons. The number of rotatable bonds is 6. The Morgan fingerprint density at radius 1 is 1.28 bits per heavy atom. The average molecular weight is 251 g/mol. The first kappa shape index (κ1) is 14.5. The smallest absolute Gasteiger partial charge is 0.306 e. The molecule has 18 heavy (non-hydrogen) atoms. The number of hydrogen-bond acceptors (Lipinski definition) is 4. The minimum Gasteiger partial charge on any atom is -0.497 e. The first-order valence-corrected chi connectivity index (χ1v) is 6.03. The molecule has 0 aliphatic rings. The lowest BCUT2D eigenvalue weighted by Gasteiger charge is -2.31. The van der Waals surface area contributed by atoms with Crippen molar-refractivity contribution >= 4 is 5.97 Å². The lowest BCUT2D eigenvalue weighted by Crippen LogP contribution is -2.37. The number of carbonyl (C=O) groups is 1. The number of benzene rings is 1. The van der Waals surface area contributed by atoms with Crippen molar-refractivity contribution in [3.05, 3.63) is 29.8 Å². The molecule has 1 rings (SSSR count). The molecule has 4 nitrogen and oxygen atoms in total. The van der Waals surface area contributed by atoms with Gasteiger partial charge < -0.3 is 15.2 Å². The number of carbonyl (C=O) groups excluding carboxylic acids is 1. The third-order valence-electron chi connectivity index (χ3n) is 3.48. The van der Waals surface area contributed by atoms with Crippen molar-refractivity contribution in [1.82, 2.24) is 0 Å². The molecule has 1 atom stereocenters. The summed E-state index contributed by atoms with van der Waals surface area (Å²) < 4.78 is 9.89. The minimum atomic E-state index is -0.362. The van der Waals surface area contributed by atoms with Crippen LogP contribution in [0.5, 0.6) is 5.75 Å². The molecule has 0 amide bonds. The molecule has 0 bridgehead atoms. The van der Waals surface area contributed by atoms with Crippen LogP contribution in [0.4, 0.5) is 0 Å². The van der Waals surface area contributed by atoms with Gasteiger partial charge in [0.1, 0.15) is 5.75 Å². The topological polar surface area (TPSA) is 61.6 Å². The van der Waals surface area contributed by atoms with Crippen molar-refractivity contribution in [2.24, 2.45) is 5.73 Å². The normalized spacial score (nSPS) is 13.8. The van der Waals surface area contributed by atoms with E-state index in [9.17, 15) is 4.79 Å². The maximum absolute atomic E-state index is 11.5. The molecular formula is C14H21NO3. The van der Waals surface area contributed by atoms with E-state index >= 15 is 0 Å². The zero-order valence-corrected chi connectivity index (χ0v) is 11.2. The van der Waals surface area contributed by atoms with Crippen molar-refractivity contribution in [2.75, 3.05) is 20.8 Å². The number of esters is 1. The molecule has 0 aliphatic carbocycles. The summed E-state index contributed by atoms with van der Waals surface area (Å²) in [6, 6.07) is 7.68. The third kappa shape index (κ3) is 3.01. The lowest BCUT2D eigenvalue weighted by atomic mass is 9.75. The van der Waals surface area contributed by atoms with Crippen molar-refractivity contribution in [3.63, 3.8) is 0 Å². The van der Waals surface area contributed by atoms with E-state index in [4.69, 9.17) is 15.2 Å². The van der Waals surface area contributed by atoms with E-state index in [0.29, 0.717) is 13.0 Å². The lowest BCUT2D eigenvalue weighted by molar-refractivity contribution is -0.142. The van der Waals surface area contributed by atoms with Gasteiger partial charge in [0.05, 0.1) is 20.6 Å². The van der Waals surface area contributed by atoms with E-state index in [1.165, 1.54) is 7.11 Å². The van der Waals surface area contributed by atoms with Crippen LogP contribution < -0.4 is 10.5 Å². The Hall–Kier alpha value is -1.55. The molecule has 0 saturated carbocycles. The molecule has 2 N–H and O–H groups in total. The van der Waals surface area contributed by atoms with Gasteiger partial charge in [0.15, 0.2) is 0 Å². The standard InChI is InChI=1S/C14H21NO3/c1-4-14(10-15,9-13(16)18-3)11-5-7-12(17-2)8-6-11/h5-8H,4,9-10,15H2,1-3H3. The quantitative estimate of drug-likeness (QED) is 0.784. The third-order valence-corrected chi connectivity index (χ3v) is 3.48. The molecule has 0 saturated heterocycles.